The second-order valence-electron chi connectivity index (χ2n) is 12.4. The maximum atomic E-state index is 6.92. The van der Waals surface area contributed by atoms with Crippen molar-refractivity contribution >= 4 is 0 Å². The molecule has 4 aromatic carbocycles. The average molecular weight is 603 g/mol. The van der Waals surface area contributed by atoms with Gasteiger partial charge in [-0.15, -0.1) is 0 Å². The van der Waals surface area contributed by atoms with Gasteiger partial charge in [0.2, 0.25) is 5.75 Å². The van der Waals surface area contributed by atoms with E-state index in [1.165, 1.54) is 11.1 Å². The van der Waals surface area contributed by atoms with Crippen LogP contribution in [-0.2, 0) is 31.3 Å². The number of hydrogen-bond acceptors (Lipinski definition) is 7. The lowest BCUT2D eigenvalue weighted by atomic mass is 9.82. The minimum atomic E-state index is -0.896. The molecule has 0 unspecified atom stereocenters. The Morgan fingerprint density at radius 1 is 0.778 bits per heavy atom. The summed E-state index contributed by atoms with van der Waals surface area (Å²) in [5, 5.41) is 0. The largest absolute Gasteiger partial charge is 0.493 e. The first-order valence-corrected chi connectivity index (χ1v) is 15.4. The summed E-state index contributed by atoms with van der Waals surface area (Å²) in [5.41, 5.74) is 5.79. The third kappa shape index (κ3) is 4.33. The van der Waals surface area contributed by atoms with Crippen LogP contribution in [0.2, 0.25) is 0 Å². The fourth-order valence-corrected chi connectivity index (χ4v) is 7.46. The molecule has 228 valence electrons. The molecule has 9 rings (SSSR count). The van der Waals surface area contributed by atoms with E-state index in [4.69, 9.17) is 30.3 Å². The van der Waals surface area contributed by atoms with Crippen LogP contribution in [0.1, 0.15) is 39.4 Å². The summed E-state index contributed by atoms with van der Waals surface area (Å²) in [6, 6.07) is 20.8. The standard InChI is InChI=1S/C37H36N3O5/c1-38-37-21-22-6-9-26(10-7-22)43-30-17-23(8-11-29(30)41-4)16-28-27-20-32-31(18-24(27)12-14-39(28)2)44-35-33(42-5)19-25(13-15-40(37)3)34(37)36(35)45-32/h1,6-11,17-20,28H,12-16,21H2,2-5H3/q+1/t28-,37-/m0/s1. The van der Waals surface area contributed by atoms with E-state index in [-0.39, 0.29) is 6.04 Å². The van der Waals surface area contributed by atoms with Crippen LogP contribution in [0.5, 0.6) is 46.0 Å². The molecule has 0 fully saturated rings. The molecule has 0 saturated carbocycles. The van der Waals surface area contributed by atoms with Gasteiger partial charge in [0.1, 0.15) is 11.3 Å². The summed E-state index contributed by atoms with van der Waals surface area (Å²) in [7, 11) is 7.58. The van der Waals surface area contributed by atoms with Gasteiger partial charge in [-0.3, -0.25) is 4.90 Å². The number of nitrogens with zero attached hydrogens (tertiary/aromatic N) is 3. The van der Waals surface area contributed by atoms with E-state index in [0.29, 0.717) is 46.7 Å². The zero-order valence-electron chi connectivity index (χ0n) is 26.1. The first kappa shape index (κ1) is 27.8. The summed E-state index contributed by atoms with van der Waals surface area (Å²) >= 11 is 0. The molecule has 0 spiro atoms. The highest BCUT2D eigenvalue weighted by atomic mass is 16.6. The van der Waals surface area contributed by atoms with Crippen molar-refractivity contribution < 1.29 is 23.7 Å². The molecule has 0 aliphatic carbocycles. The average Bonchev–Trinajstić information content (AvgIpc) is 3.06. The highest BCUT2D eigenvalue weighted by Crippen LogP contribution is 2.58. The van der Waals surface area contributed by atoms with E-state index in [1.807, 2.05) is 18.2 Å². The molecule has 0 N–H and O–H groups in total. The number of methoxy groups -OCH3 is 2. The highest BCUT2D eigenvalue weighted by molar-refractivity contribution is 5.69. The van der Waals surface area contributed by atoms with E-state index in [0.717, 1.165) is 60.4 Å². The monoisotopic (exact) mass is 602 g/mol. The molecule has 8 heteroatoms. The number of hydrogen-bond donors (Lipinski definition) is 0. The quantitative estimate of drug-likeness (QED) is 0.210. The van der Waals surface area contributed by atoms with E-state index in [1.54, 1.807) is 14.2 Å². The fraction of sp³-hybridized carbons (Fsp3) is 0.324. The molecule has 5 aliphatic heterocycles. The summed E-state index contributed by atoms with van der Waals surface area (Å²) in [4.78, 5) is 9.24. The maximum absolute atomic E-state index is 6.92. The fourth-order valence-electron chi connectivity index (χ4n) is 7.46. The predicted octanol–water partition coefficient (Wildman–Crippen LogP) is 7.33. The third-order valence-corrected chi connectivity index (χ3v) is 9.98. The summed E-state index contributed by atoms with van der Waals surface area (Å²) in [5.74, 6) is 5.27. The van der Waals surface area contributed by atoms with Crippen molar-refractivity contribution in [3.05, 3.63) is 98.9 Å². The molecule has 0 saturated heterocycles. The van der Waals surface area contributed by atoms with Crippen molar-refractivity contribution in [1.82, 2.24) is 9.80 Å². The molecule has 4 aromatic rings. The van der Waals surface area contributed by atoms with E-state index in [2.05, 4.69) is 71.2 Å². The van der Waals surface area contributed by atoms with Crippen LogP contribution in [0.3, 0.4) is 0 Å². The van der Waals surface area contributed by atoms with Gasteiger partial charge in [0, 0.05) is 19.1 Å². The minimum absolute atomic E-state index is 0.131. The summed E-state index contributed by atoms with van der Waals surface area (Å²) < 4.78 is 31.6. The van der Waals surface area contributed by atoms with Crippen LogP contribution < -0.4 is 23.7 Å². The molecule has 0 radical (unpaired) electrons. The SMILES string of the molecule is C#[N+][C@]12Cc3ccc(cc3)Oc3cc(ccc3OC)C[C@H]3c4cc5c(cc4CCN3C)Oc3c(OC)cc(c1c3O5)CCN2C. The van der Waals surface area contributed by atoms with Gasteiger partial charge in [-0.25, -0.2) is 4.90 Å². The Kier molecular flexibility index (Phi) is 6.45. The van der Waals surface area contributed by atoms with Crippen LogP contribution in [-0.4, -0.2) is 51.2 Å². The maximum Gasteiger partial charge on any atom is 0.370 e. The Morgan fingerprint density at radius 3 is 2.29 bits per heavy atom. The van der Waals surface area contributed by atoms with Crippen molar-refractivity contribution in [3.63, 3.8) is 0 Å². The molecular formula is C37H36N3O5+. The molecule has 5 heterocycles. The topological polar surface area (TPSA) is 57.0 Å². The van der Waals surface area contributed by atoms with Crippen molar-refractivity contribution in [2.24, 2.45) is 0 Å². The first-order valence-electron chi connectivity index (χ1n) is 15.4. The number of fused-ring (bicyclic) bond motifs is 2. The molecule has 5 aliphatic rings. The van der Waals surface area contributed by atoms with Gasteiger partial charge in [-0.05, 0) is 104 Å². The Labute approximate surface area is 263 Å². The molecule has 45 heavy (non-hydrogen) atoms. The van der Waals surface area contributed by atoms with Crippen molar-refractivity contribution in [1.29, 1.82) is 0 Å². The lowest BCUT2D eigenvalue weighted by molar-refractivity contribution is 0.145. The number of benzene rings is 4. The second-order valence-corrected chi connectivity index (χ2v) is 12.4. The van der Waals surface area contributed by atoms with Crippen LogP contribution in [0.25, 0.3) is 4.85 Å². The van der Waals surface area contributed by atoms with Crippen LogP contribution in [0, 0.1) is 6.57 Å². The molecule has 2 atom stereocenters. The normalized spacial score (nSPS) is 21.4. The minimum Gasteiger partial charge on any atom is -0.493 e. The smallest absolute Gasteiger partial charge is 0.370 e. The number of ether oxygens (including phenoxy) is 5. The van der Waals surface area contributed by atoms with E-state index < -0.39 is 5.66 Å². The van der Waals surface area contributed by atoms with Gasteiger partial charge in [0.05, 0.1) is 20.6 Å². The molecule has 0 aromatic heterocycles. The van der Waals surface area contributed by atoms with Gasteiger partial charge < -0.3 is 23.7 Å². The second kappa shape index (κ2) is 10.4. The highest BCUT2D eigenvalue weighted by Gasteiger charge is 2.55. The Balaban J connectivity index is 1.37. The van der Waals surface area contributed by atoms with Gasteiger partial charge in [0.15, 0.2) is 34.5 Å². The zero-order valence-corrected chi connectivity index (χ0v) is 26.1. The molecule has 7 bridgehead atoms. The van der Waals surface area contributed by atoms with Crippen molar-refractivity contribution in [3.8, 4) is 52.6 Å². The van der Waals surface area contributed by atoms with Crippen molar-refractivity contribution in [2.45, 2.75) is 37.4 Å². The molecular weight excluding hydrogens is 566 g/mol. The summed E-state index contributed by atoms with van der Waals surface area (Å²) in [6.07, 6.45) is 3.03. The zero-order chi connectivity index (χ0) is 30.9. The Bertz CT molecular complexity index is 1880. The van der Waals surface area contributed by atoms with E-state index >= 15 is 0 Å². The van der Waals surface area contributed by atoms with Gasteiger partial charge in [0.25, 0.3) is 6.57 Å². The summed E-state index contributed by atoms with van der Waals surface area (Å²) in [6.45, 7) is 8.10. The van der Waals surface area contributed by atoms with Crippen LogP contribution in [0.4, 0.5) is 0 Å². The van der Waals surface area contributed by atoms with E-state index in [9.17, 15) is 0 Å². The van der Waals surface area contributed by atoms with Gasteiger partial charge in [-0.2, -0.15) is 0 Å². The predicted molar refractivity (Wildman–Crippen MR) is 172 cm³/mol. The van der Waals surface area contributed by atoms with Gasteiger partial charge >= 0.3 is 5.66 Å². The number of rotatable bonds is 2. The third-order valence-electron chi connectivity index (χ3n) is 9.98. The lowest BCUT2D eigenvalue weighted by Gasteiger charge is -2.38. The number of likely N-dealkylation sites (N-methyl/N-ethyl adjacent to an activating group) is 2. The Hall–Kier alpha value is -4.71. The first-order chi connectivity index (χ1) is 21.9. The van der Waals surface area contributed by atoms with Crippen molar-refractivity contribution in [2.75, 3.05) is 41.4 Å². The molecule has 0 amide bonds. The van der Waals surface area contributed by atoms with Gasteiger partial charge in [-0.1, -0.05) is 23.0 Å². The molecule has 8 nitrogen and oxygen atoms in total. The Morgan fingerprint density at radius 2 is 1.51 bits per heavy atom. The van der Waals surface area contributed by atoms with Crippen LogP contribution in [0.15, 0.2) is 60.7 Å². The van der Waals surface area contributed by atoms with Crippen LogP contribution >= 0.6 is 0 Å². The lowest BCUT2D eigenvalue weighted by Crippen LogP contribution is -2.48.